The van der Waals surface area contributed by atoms with Gasteiger partial charge in [-0.2, -0.15) is 11.8 Å². The molecule has 18 heavy (non-hydrogen) atoms. The van der Waals surface area contributed by atoms with Gasteiger partial charge in [0.1, 0.15) is 5.60 Å². The van der Waals surface area contributed by atoms with E-state index in [2.05, 4.69) is 16.9 Å². The second-order valence-corrected chi connectivity index (χ2v) is 6.44. The van der Waals surface area contributed by atoms with E-state index in [-0.39, 0.29) is 12.1 Å². The van der Waals surface area contributed by atoms with Crippen molar-refractivity contribution < 1.29 is 9.53 Å². The molecule has 1 atom stereocenters. The first-order valence-corrected chi connectivity index (χ1v) is 7.93. The number of nitrogens with one attached hydrogen (secondary N) is 2. The number of ether oxygens (including phenoxy) is 1. The van der Waals surface area contributed by atoms with E-state index in [1.165, 1.54) is 18.6 Å². The number of carbonyl (C=O) groups is 1. The average Bonchev–Trinajstić information content (AvgIpc) is 2.20. The molecule has 0 heterocycles. The van der Waals surface area contributed by atoms with E-state index in [1.54, 1.807) is 0 Å². The van der Waals surface area contributed by atoms with Crippen LogP contribution >= 0.6 is 11.8 Å². The molecule has 0 rings (SSSR count). The first-order chi connectivity index (χ1) is 8.35. The highest BCUT2D eigenvalue weighted by Crippen LogP contribution is 2.06. The Morgan fingerprint density at radius 2 is 2.00 bits per heavy atom. The zero-order valence-electron chi connectivity index (χ0n) is 12.3. The average molecular weight is 276 g/mol. The van der Waals surface area contributed by atoms with Crippen molar-refractivity contribution in [3.63, 3.8) is 0 Å². The van der Waals surface area contributed by atoms with Gasteiger partial charge in [0.25, 0.3) is 0 Å². The summed E-state index contributed by atoms with van der Waals surface area (Å²) in [6, 6.07) is 0.0837. The molecule has 0 fully saturated rings. The fraction of sp³-hybridized carbons (Fsp3) is 0.923. The van der Waals surface area contributed by atoms with E-state index in [0.717, 1.165) is 13.1 Å². The van der Waals surface area contributed by atoms with E-state index >= 15 is 0 Å². The third-order valence-electron chi connectivity index (χ3n) is 2.17. The third-order valence-corrected chi connectivity index (χ3v) is 2.86. The van der Waals surface area contributed by atoms with Crippen molar-refractivity contribution in [2.45, 2.75) is 52.2 Å². The van der Waals surface area contributed by atoms with Crippen LogP contribution in [0.25, 0.3) is 0 Å². The van der Waals surface area contributed by atoms with Crippen molar-refractivity contribution in [3.8, 4) is 0 Å². The van der Waals surface area contributed by atoms with Crippen LogP contribution in [0.2, 0.25) is 0 Å². The van der Waals surface area contributed by atoms with E-state index in [0.29, 0.717) is 0 Å². The molecule has 0 saturated heterocycles. The molecule has 0 aliphatic heterocycles. The molecule has 0 aromatic rings. The van der Waals surface area contributed by atoms with Crippen LogP contribution < -0.4 is 10.6 Å². The van der Waals surface area contributed by atoms with Gasteiger partial charge in [0, 0.05) is 12.6 Å². The van der Waals surface area contributed by atoms with Gasteiger partial charge in [0.15, 0.2) is 0 Å². The fourth-order valence-corrected chi connectivity index (χ4v) is 1.87. The monoisotopic (exact) mass is 276 g/mol. The lowest BCUT2D eigenvalue weighted by Crippen LogP contribution is -2.42. The van der Waals surface area contributed by atoms with Crippen LogP contribution in [-0.2, 0) is 4.74 Å². The Hall–Kier alpha value is -0.420. The summed E-state index contributed by atoms with van der Waals surface area (Å²) < 4.78 is 5.19. The van der Waals surface area contributed by atoms with E-state index < -0.39 is 5.60 Å². The summed E-state index contributed by atoms with van der Waals surface area (Å²) in [7, 11) is 0. The molecule has 2 N–H and O–H groups in total. The van der Waals surface area contributed by atoms with Crippen LogP contribution in [0.1, 0.15) is 40.5 Å². The van der Waals surface area contributed by atoms with Gasteiger partial charge in [-0.05, 0) is 59.1 Å². The lowest BCUT2D eigenvalue weighted by molar-refractivity contribution is 0.0508. The minimum Gasteiger partial charge on any atom is -0.444 e. The Balaban J connectivity index is 3.53. The molecule has 0 aromatic heterocycles. The second-order valence-electron chi connectivity index (χ2n) is 5.45. The minimum atomic E-state index is -0.435. The normalized spacial score (nSPS) is 13.2. The lowest BCUT2D eigenvalue weighted by Gasteiger charge is -2.22. The molecular weight excluding hydrogens is 248 g/mol. The zero-order valence-corrected chi connectivity index (χ0v) is 13.2. The summed E-state index contributed by atoms with van der Waals surface area (Å²) in [5.41, 5.74) is -0.435. The van der Waals surface area contributed by atoms with Crippen molar-refractivity contribution in [2.75, 3.05) is 25.1 Å². The van der Waals surface area contributed by atoms with Crippen LogP contribution in [0, 0.1) is 0 Å². The van der Waals surface area contributed by atoms with Crippen LogP contribution in [0.15, 0.2) is 0 Å². The van der Waals surface area contributed by atoms with E-state index in [1.807, 2.05) is 39.5 Å². The number of amides is 1. The first-order valence-electron chi connectivity index (χ1n) is 6.54. The third kappa shape index (κ3) is 12.0. The van der Waals surface area contributed by atoms with Crippen LogP contribution in [0.5, 0.6) is 0 Å². The summed E-state index contributed by atoms with van der Waals surface area (Å²) in [6.45, 7) is 9.34. The molecule has 0 saturated carbocycles. The summed E-state index contributed by atoms with van der Waals surface area (Å²) >= 11 is 1.88. The standard InChI is InChI=1S/C13H28N2O2S/c1-11(10-14-8-6-7-9-18-5)15-12(16)17-13(2,3)4/h11,14H,6-10H2,1-5H3,(H,15,16). The highest BCUT2D eigenvalue weighted by Gasteiger charge is 2.17. The second kappa shape index (κ2) is 9.50. The molecule has 108 valence electrons. The Bertz CT molecular complexity index is 230. The summed E-state index contributed by atoms with van der Waals surface area (Å²) in [6.07, 6.45) is 4.20. The number of thioether (sulfide) groups is 1. The van der Waals surface area contributed by atoms with Crippen LogP contribution in [0.4, 0.5) is 4.79 Å². The minimum absolute atomic E-state index is 0.0837. The van der Waals surface area contributed by atoms with Gasteiger partial charge < -0.3 is 15.4 Å². The summed E-state index contributed by atoms with van der Waals surface area (Å²) in [5.74, 6) is 1.22. The fourth-order valence-electron chi connectivity index (χ4n) is 1.37. The van der Waals surface area contributed by atoms with Crippen molar-refractivity contribution in [1.29, 1.82) is 0 Å². The maximum absolute atomic E-state index is 11.5. The number of carbonyl (C=O) groups excluding carboxylic acids is 1. The first kappa shape index (κ1) is 17.6. The quantitative estimate of drug-likeness (QED) is 0.669. The predicted octanol–water partition coefficient (Wildman–Crippen LogP) is 2.63. The number of alkyl carbamates (subject to hydrolysis) is 1. The van der Waals surface area contributed by atoms with Gasteiger partial charge in [0.2, 0.25) is 0 Å². The molecule has 4 nitrogen and oxygen atoms in total. The summed E-state index contributed by atoms with van der Waals surface area (Å²) in [4.78, 5) is 11.5. The van der Waals surface area contributed by atoms with Gasteiger partial charge in [0.05, 0.1) is 0 Å². The van der Waals surface area contributed by atoms with Gasteiger partial charge in [-0.1, -0.05) is 0 Å². The highest BCUT2D eigenvalue weighted by atomic mass is 32.2. The van der Waals surface area contributed by atoms with E-state index in [4.69, 9.17) is 4.74 Å². The highest BCUT2D eigenvalue weighted by molar-refractivity contribution is 7.98. The van der Waals surface area contributed by atoms with Gasteiger partial charge in [-0.3, -0.25) is 0 Å². The number of hydrogen-bond acceptors (Lipinski definition) is 4. The van der Waals surface area contributed by atoms with Gasteiger partial charge in [-0.15, -0.1) is 0 Å². The predicted molar refractivity (Wildman–Crippen MR) is 79.3 cm³/mol. The van der Waals surface area contributed by atoms with E-state index in [9.17, 15) is 4.79 Å². The van der Waals surface area contributed by atoms with Gasteiger partial charge in [-0.25, -0.2) is 4.79 Å². The Morgan fingerprint density at radius 3 is 2.56 bits per heavy atom. The van der Waals surface area contributed by atoms with Crippen molar-refractivity contribution in [2.24, 2.45) is 0 Å². The Kier molecular flexibility index (Phi) is 9.28. The molecule has 0 aliphatic rings. The number of unbranched alkanes of at least 4 members (excludes halogenated alkanes) is 1. The Morgan fingerprint density at radius 1 is 1.33 bits per heavy atom. The smallest absolute Gasteiger partial charge is 0.407 e. The number of rotatable bonds is 8. The molecule has 5 heteroatoms. The molecule has 1 unspecified atom stereocenters. The van der Waals surface area contributed by atoms with Gasteiger partial charge >= 0.3 is 6.09 Å². The molecule has 0 aliphatic carbocycles. The molecule has 0 bridgehead atoms. The van der Waals surface area contributed by atoms with Crippen LogP contribution in [0.3, 0.4) is 0 Å². The SMILES string of the molecule is CSCCCCNCC(C)NC(=O)OC(C)(C)C. The molecule has 0 spiro atoms. The Labute approximate surface area is 116 Å². The molecule has 0 radical (unpaired) electrons. The molecular formula is C13H28N2O2S. The van der Waals surface area contributed by atoms with Crippen molar-refractivity contribution in [3.05, 3.63) is 0 Å². The zero-order chi connectivity index (χ0) is 14.0. The number of hydrogen-bond donors (Lipinski definition) is 2. The van der Waals surface area contributed by atoms with Crippen molar-refractivity contribution >= 4 is 17.9 Å². The topological polar surface area (TPSA) is 50.4 Å². The summed E-state index contributed by atoms with van der Waals surface area (Å²) in [5, 5.41) is 6.14. The molecule has 0 aromatic carbocycles. The maximum atomic E-state index is 11.5. The lowest BCUT2D eigenvalue weighted by atomic mass is 10.2. The van der Waals surface area contributed by atoms with Crippen molar-refractivity contribution in [1.82, 2.24) is 10.6 Å². The van der Waals surface area contributed by atoms with Crippen LogP contribution in [-0.4, -0.2) is 42.8 Å². The largest absolute Gasteiger partial charge is 0.444 e. The molecule has 1 amide bonds. The maximum Gasteiger partial charge on any atom is 0.407 e.